The maximum absolute atomic E-state index is 13.7. The molecule has 4 rings (SSSR count). The van der Waals surface area contributed by atoms with E-state index in [4.69, 9.17) is 9.90 Å². The first-order chi connectivity index (χ1) is 18.1. The molecule has 1 aromatic heterocycles. The van der Waals surface area contributed by atoms with Crippen LogP contribution >= 0.6 is 0 Å². The van der Waals surface area contributed by atoms with E-state index >= 15 is 0 Å². The van der Waals surface area contributed by atoms with Gasteiger partial charge in [0, 0.05) is 37.3 Å². The predicted octanol–water partition coefficient (Wildman–Crippen LogP) is 1.74. The van der Waals surface area contributed by atoms with Crippen LogP contribution in [0.25, 0.3) is 10.9 Å². The first-order valence-electron chi connectivity index (χ1n) is 12.1. The van der Waals surface area contributed by atoms with Gasteiger partial charge in [-0.2, -0.15) is 0 Å². The summed E-state index contributed by atoms with van der Waals surface area (Å²) in [6.07, 6.45) is 1.99. The standard InChI is InChI=1S/C25H31FN4O4S.CH2O2/c1-4-17-15-30-8-9-35(33,34)29(3)22-13-18(12-20(17)24(22)30)25(32)28-21(23(31)14-27-2)11-16-6-5-7-19(26)10-16;2-1-3/h5-7,10,12-13,15,21,23,27,31H,4,8-9,11,14H2,1-3H3,(H,28,32);1H,(H,2,3)/t21-,23+;/m0./s1. The number of hydrogen-bond acceptors (Lipinski definition) is 6. The number of carbonyl (C=O) groups excluding carboxylic acids is 1. The minimum Gasteiger partial charge on any atom is -0.483 e. The van der Waals surface area contributed by atoms with Crippen LogP contribution in [0.1, 0.15) is 28.4 Å². The first kappa shape index (κ1) is 29.1. The number of nitrogens with zero attached hydrogens (tertiary/aromatic N) is 2. The van der Waals surface area contributed by atoms with Gasteiger partial charge in [0.2, 0.25) is 10.0 Å². The molecule has 38 heavy (non-hydrogen) atoms. The topological polar surface area (TPSA) is 141 Å². The fourth-order valence-electron chi connectivity index (χ4n) is 4.62. The minimum atomic E-state index is -3.54. The maximum Gasteiger partial charge on any atom is 0.290 e. The normalized spacial score (nSPS) is 15.7. The van der Waals surface area contributed by atoms with Crippen molar-refractivity contribution in [3.63, 3.8) is 0 Å². The second kappa shape index (κ2) is 12.4. The van der Waals surface area contributed by atoms with Gasteiger partial charge in [0.1, 0.15) is 5.82 Å². The van der Waals surface area contributed by atoms with Crippen LogP contribution in [0.15, 0.2) is 42.6 Å². The van der Waals surface area contributed by atoms with Crippen molar-refractivity contribution in [3.8, 4) is 0 Å². The summed E-state index contributed by atoms with van der Waals surface area (Å²) in [6, 6.07) is 8.71. The number of hydrogen-bond donors (Lipinski definition) is 4. The highest BCUT2D eigenvalue weighted by molar-refractivity contribution is 7.92. The Morgan fingerprint density at radius 1 is 1.26 bits per heavy atom. The summed E-state index contributed by atoms with van der Waals surface area (Å²) in [6.45, 7) is 2.34. The third-order valence-corrected chi connectivity index (χ3v) is 8.29. The molecular weight excluding hydrogens is 515 g/mol. The molecule has 0 bridgehead atoms. The third kappa shape index (κ3) is 6.32. The number of sulfonamides is 1. The van der Waals surface area contributed by atoms with Gasteiger partial charge in [0.25, 0.3) is 12.4 Å². The third-order valence-electron chi connectivity index (χ3n) is 6.56. The smallest absolute Gasteiger partial charge is 0.290 e. The van der Waals surface area contributed by atoms with Gasteiger partial charge < -0.3 is 25.4 Å². The zero-order chi connectivity index (χ0) is 28.0. The maximum atomic E-state index is 13.7. The number of amides is 1. The molecule has 1 amide bonds. The van der Waals surface area contributed by atoms with Crippen LogP contribution in [0.4, 0.5) is 10.1 Å². The molecule has 0 fully saturated rings. The summed E-state index contributed by atoms with van der Waals surface area (Å²) in [5, 5.41) is 24.2. The van der Waals surface area contributed by atoms with E-state index in [2.05, 4.69) is 10.6 Å². The molecule has 0 saturated heterocycles. The lowest BCUT2D eigenvalue weighted by Crippen LogP contribution is -2.48. The van der Waals surface area contributed by atoms with Gasteiger partial charge in [0.05, 0.1) is 29.1 Å². The minimum absolute atomic E-state index is 0.0292. The highest BCUT2D eigenvalue weighted by atomic mass is 32.2. The van der Waals surface area contributed by atoms with E-state index in [9.17, 15) is 22.7 Å². The molecule has 2 atom stereocenters. The van der Waals surface area contributed by atoms with Crippen molar-refractivity contribution in [2.75, 3.05) is 30.7 Å². The second-order valence-corrected chi connectivity index (χ2v) is 11.1. The summed E-state index contributed by atoms with van der Waals surface area (Å²) in [7, 11) is -0.338. The van der Waals surface area contributed by atoms with Crippen molar-refractivity contribution < 1.29 is 32.6 Å². The Morgan fingerprint density at radius 3 is 2.61 bits per heavy atom. The average molecular weight is 549 g/mol. The van der Waals surface area contributed by atoms with Crippen molar-refractivity contribution in [1.82, 2.24) is 15.2 Å². The van der Waals surface area contributed by atoms with Gasteiger partial charge in [-0.05, 0) is 55.3 Å². The summed E-state index contributed by atoms with van der Waals surface area (Å²) < 4.78 is 42.4. The summed E-state index contributed by atoms with van der Waals surface area (Å²) in [5.41, 5.74) is 3.19. The molecule has 0 aliphatic carbocycles. The van der Waals surface area contributed by atoms with Crippen LogP contribution in [0.2, 0.25) is 0 Å². The number of nitrogens with one attached hydrogen (secondary N) is 2. The number of aliphatic hydroxyl groups is 1. The largest absolute Gasteiger partial charge is 0.483 e. The molecular formula is C26H33FN4O6S. The van der Waals surface area contributed by atoms with Gasteiger partial charge in [0.15, 0.2) is 0 Å². The highest BCUT2D eigenvalue weighted by Crippen LogP contribution is 2.35. The molecule has 1 aliphatic rings. The van der Waals surface area contributed by atoms with Crippen LogP contribution in [0.3, 0.4) is 0 Å². The van der Waals surface area contributed by atoms with Crippen molar-refractivity contribution in [2.45, 2.75) is 38.5 Å². The number of rotatable bonds is 8. The average Bonchev–Trinajstić information content (AvgIpc) is 3.20. The van der Waals surface area contributed by atoms with E-state index in [-0.39, 0.29) is 25.2 Å². The molecule has 0 unspecified atom stereocenters. The SMILES string of the molecule is CCc1cn2c3c(cc(C(=O)N[C@@H](Cc4cccc(F)c4)[C@H](O)CNC)cc13)N(C)S(=O)(=O)CC2.O=CO. The van der Waals surface area contributed by atoms with E-state index in [1.54, 1.807) is 31.3 Å². The second-order valence-electron chi connectivity index (χ2n) is 9.02. The molecule has 2 aromatic carbocycles. The van der Waals surface area contributed by atoms with Gasteiger partial charge >= 0.3 is 0 Å². The number of aliphatic hydroxyl groups excluding tert-OH is 1. The summed E-state index contributed by atoms with van der Waals surface area (Å²) >= 11 is 0. The fraction of sp³-hybridized carbons (Fsp3) is 0.385. The van der Waals surface area contributed by atoms with E-state index in [1.807, 2.05) is 17.7 Å². The number of aromatic nitrogens is 1. The van der Waals surface area contributed by atoms with Gasteiger partial charge in [-0.25, -0.2) is 12.8 Å². The monoisotopic (exact) mass is 548 g/mol. The Bertz CT molecular complexity index is 1410. The number of carbonyl (C=O) groups is 2. The first-order valence-corrected chi connectivity index (χ1v) is 13.7. The lowest BCUT2D eigenvalue weighted by Gasteiger charge is -2.25. The number of benzene rings is 2. The number of carboxylic acid groups (broad SMARTS) is 1. The fourth-order valence-corrected chi connectivity index (χ4v) is 5.76. The van der Waals surface area contributed by atoms with Crippen LogP contribution < -0.4 is 14.9 Å². The van der Waals surface area contributed by atoms with Crippen LogP contribution in [-0.2, 0) is 34.2 Å². The van der Waals surface area contributed by atoms with Crippen molar-refractivity contribution in [2.24, 2.45) is 0 Å². The molecule has 10 nitrogen and oxygen atoms in total. The molecule has 3 aromatic rings. The molecule has 1 aliphatic heterocycles. The van der Waals surface area contributed by atoms with Crippen LogP contribution in [-0.4, -0.2) is 74.1 Å². The number of aryl methyl sites for hydroxylation is 2. The number of anilines is 1. The molecule has 12 heteroatoms. The quantitative estimate of drug-likeness (QED) is 0.314. The van der Waals surface area contributed by atoms with Crippen molar-refractivity contribution >= 4 is 39.0 Å². The molecule has 2 heterocycles. The Morgan fingerprint density at radius 2 is 1.97 bits per heavy atom. The van der Waals surface area contributed by atoms with Crippen LogP contribution in [0, 0.1) is 5.82 Å². The molecule has 206 valence electrons. The zero-order valence-electron chi connectivity index (χ0n) is 21.5. The van der Waals surface area contributed by atoms with Crippen molar-refractivity contribution in [1.29, 1.82) is 0 Å². The van der Waals surface area contributed by atoms with Gasteiger partial charge in [-0.3, -0.25) is 13.9 Å². The molecule has 0 saturated carbocycles. The van der Waals surface area contributed by atoms with E-state index in [0.29, 0.717) is 23.4 Å². The van der Waals surface area contributed by atoms with E-state index < -0.39 is 33.9 Å². The van der Waals surface area contributed by atoms with Crippen LogP contribution in [0.5, 0.6) is 0 Å². The summed E-state index contributed by atoms with van der Waals surface area (Å²) in [4.78, 5) is 21.8. The zero-order valence-corrected chi connectivity index (χ0v) is 22.3. The van der Waals surface area contributed by atoms with Gasteiger partial charge in [-0.15, -0.1) is 0 Å². The lowest BCUT2D eigenvalue weighted by atomic mass is 9.99. The Hall–Kier alpha value is -3.48. The highest BCUT2D eigenvalue weighted by Gasteiger charge is 2.29. The van der Waals surface area contributed by atoms with E-state index in [0.717, 1.165) is 22.9 Å². The molecule has 0 radical (unpaired) electrons. The predicted molar refractivity (Wildman–Crippen MR) is 143 cm³/mol. The number of halogens is 1. The number of likely N-dealkylation sites (N-methyl/N-ethyl adjacent to an activating group) is 1. The van der Waals surface area contributed by atoms with E-state index in [1.165, 1.54) is 23.5 Å². The van der Waals surface area contributed by atoms with Crippen molar-refractivity contribution in [3.05, 3.63) is 65.1 Å². The lowest BCUT2D eigenvalue weighted by molar-refractivity contribution is -0.122. The summed E-state index contributed by atoms with van der Waals surface area (Å²) in [5.74, 6) is -0.861. The Balaban J connectivity index is 0.00000127. The Kier molecular flexibility index (Phi) is 9.47. The van der Waals surface area contributed by atoms with Gasteiger partial charge in [-0.1, -0.05) is 19.1 Å². The molecule has 4 N–H and O–H groups in total. The Labute approximate surface area is 221 Å². The molecule has 0 spiro atoms.